The number of nitrogens with one attached hydrogen (secondary N) is 2. The standard InChI is InChI=1S/C16H17N5O3S/c1-16(2)7-11-13(25-15(17)18-11)12(8-16)19-20-14(22)9-4-3-5-10(6-9)21(23)24/h3-6,8,19H,7H2,1-2H3,(H2,17,18)(H,20,22). The van der Waals surface area contributed by atoms with Crippen LogP contribution in [-0.4, -0.2) is 15.8 Å². The molecule has 0 saturated heterocycles. The maximum Gasteiger partial charge on any atom is 0.270 e. The first-order chi connectivity index (χ1) is 11.7. The van der Waals surface area contributed by atoms with Gasteiger partial charge in [0.2, 0.25) is 0 Å². The molecule has 0 saturated carbocycles. The summed E-state index contributed by atoms with van der Waals surface area (Å²) in [7, 11) is 0. The van der Waals surface area contributed by atoms with Gasteiger partial charge in [-0.2, -0.15) is 0 Å². The summed E-state index contributed by atoms with van der Waals surface area (Å²) < 4.78 is 0. The van der Waals surface area contributed by atoms with Crippen LogP contribution in [0.1, 0.15) is 34.8 Å². The lowest BCUT2D eigenvalue weighted by Crippen LogP contribution is -2.37. The van der Waals surface area contributed by atoms with Gasteiger partial charge in [-0.05, 0) is 17.9 Å². The predicted octanol–water partition coefficient (Wildman–Crippen LogP) is 2.49. The second-order valence-electron chi connectivity index (χ2n) is 6.44. The molecule has 0 atom stereocenters. The molecule has 25 heavy (non-hydrogen) atoms. The minimum absolute atomic E-state index is 0.133. The Hall–Kier alpha value is -2.94. The number of nitrogens with two attached hydrogens (primary N) is 1. The Balaban J connectivity index is 1.78. The topological polar surface area (TPSA) is 123 Å². The van der Waals surface area contributed by atoms with E-state index in [1.807, 2.05) is 6.08 Å². The average Bonchev–Trinajstić information content (AvgIpc) is 2.91. The smallest absolute Gasteiger partial charge is 0.270 e. The second-order valence-corrected chi connectivity index (χ2v) is 7.47. The molecule has 1 aliphatic carbocycles. The molecule has 0 aliphatic heterocycles. The van der Waals surface area contributed by atoms with Crippen LogP contribution in [0.25, 0.3) is 5.70 Å². The number of nitrogens with zero attached hydrogens (tertiary/aromatic N) is 2. The van der Waals surface area contributed by atoms with Crippen molar-refractivity contribution in [3.8, 4) is 0 Å². The normalized spacial score (nSPS) is 15.0. The summed E-state index contributed by atoms with van der Waals surface area (Å²) in [5, 5.41) is 11.3. The summed E-state index contributed by atoms with van der Waals surface area (Å²) >= 11 is 1.35. The van der Waals surface area contributed by atoms with Crippen LogP contribution < -0.4 is 16.6 Å². The van der Waals surface area contributed by atoms with Crippen LogP contribution >= 0.6 is 11.3 Å². The summed E-state index contributed by atoms with van der Waals surface area (Å²) in [6.07, 6.45) is 2.78. The van der Waals surface area contributed by atoms with E-state index in [-0.39, 0.29) is 16.7 Å². The number of nitro benzene ring substituents is 1. The van der Waals surface area contributed by atoms with Crippen molar-refractivity contribution < 1.29 is 9.72 Å². The Labute approximate surface area is 147 Å². The monoisotopic (exact) mass is 359 g/mol. The molecule has 0 fully saturated rings. The molecule has 1 heterocycles. The second kappa shape index (κ2) is 6.17. The maximum atomic E-state index is 12.3. The number of rotatable bonds is 4. The number of carbonyl (C=O) groups excluding carboxylic acids is 1. The third kappa shape index (κ3) is 3.61. The van der Waals surface area contributed by atoms with E-state index in [9.17, 15) is 14.9 Å². The van der Waals surface area contributed by atoms with Crippen molar-refractivity contribution in [2.24, 2.45) is 5.41 Å². The van der Waals surface area contributed by atoms with E-state index in [0.717, 1.165) is 22.7 Å². The number of benzene rings is 1. The van der Waals surface area contributed by atoms with Gasteiger partial charge in [0.1, 0.15) is 0 Å². The van der Waals surface area contributed by atoms with E-state index in [1.54, 1.807) is 0 Å². The molecule has 0 unspecified atom stereocenters. The summed E-state index contributed by atoms with van der Waals surface area (Å²) in [6.45, 7) is 4.13. The SMILES string of the molecule is CC1(C)C=C(NNC(=O)c2cccc([N+](=O)[O-])c2)c2sc(N)nc2C1. The third-order valence-corrected chi connectivity index (χ3v) is 4.71. The minimum atomic E-state index is -0.539. The maximum absolute atomic E-state index is 12.3. The molecular weight excluding hydrogens is 342 g/mol. The molecule has 9 heteroatoms. The fourth-order valence-electron chi connectivity index (χ4n) is 2.69. The van der Waals surface area contributed by atoms with E-state index in [0.29, 0.717) is 5.13 Å². The first kappa shape index (κ1) is 16.9. The molecule has 0 spiro atoms. The van der Waals surface area contributed by atoms with Crippen molar-refractivity contribution in [3.63, 3.8) is 0 Å². The van der Waals surface area contributed by atoms with Crippen molar-refractivity contribution >= 4 is 33.8 Å². The molecule has 1 aliphatic rings. The van der Waals surface area contributed by atoms with Crippen LogP contribution in [0.2, 0.25) is 0 Å². The number of hydrogen-bond acceptors (Lipinski definition) is 7. The van der Waals surface area contributed by atoms with Crippen molar-refractivity contribution in [1.82, 2.24) is 15.8 Å². The zero-order valence-electron chi connectivity index (χ0n) is 13.7. The number of nitrogen functional groups attached to an aromatic ring is 1. The summed E-state index contributed by atoms with van der Waals surface area (Å²) in [5.74, 6) is -0.466. The first-order valence-electron chi connectivity index (χ1n) is 7.54. The summed E-state index contributed by atoms with van der Waals surface area (Å²) in [5.41, 5.74) is 12.8. The van der Waals surface area contributed by atoms with Crippen LogP contribution in [0, 0.1) is 15.5 Å². The Kier molecular flexibility index (Phi) is 4.17. The number of thiazole rings is 1. The number of allylic oxidation sites excluding steroid dienone is 1. The van der Waals surface area contributed by atoms with Gasteiger partial charge in [-0.15, -0.1) is 0 Å². The van der Waals surface area contributed by atoms with Crippen molar-refractivity contribution in [3.05, 3.63) is 56.6 Å². The van der Waals surface area contributed by atoms with Crippen LogP contribution in [0.5, 0.6) is 0 Å². The Bertz CT molecular complexity index is 888. The molecule has 0 bridgehead atoms. The summed E-state index contributed by atoms with van der Waals surface area (Å²) in [4.78, 5) is 27.8. The van der Waals surface area contributed by atoms with E-state index in [1.165, 1.54) is 35.6 Å². The highest BCUT2D eigenvalue weighted by molar-refractivity contribution is 7.16. The van der Waals surface area contributed by atoms with Gasteiger partial charge in [0.25, 0.3) is 11.6 Å². The van der Waals surface area contributed by atoms with Gasteiger partial charge in [0.05, 0.1) is 21.2 Å². The molecule has 4 N–H and O–H groups in total. The zero-order chi connectivity index (χ0) is 18.2. The Morgan fingerprint density at radius 2 is 2.20 bits per heavy atom. The number of non-ortho nitro benzene ring substituents is 1. The molecule has 1 aromatic heterocycles. The molecule has 0 radical (unpaired) electrons. The quantitative estimate of drug-likeness (QED) is 0.569. The molecule has 2 aromatic rings. The fourth-order valence-corrected chi connectivity index (χ4v) is 3.51. The van der Waals surface area contributed by atoms with Crippen molar-refractivity contribution in [2.75, 3.05) is 5.73 Å². The lowest BCUT2D eigenvalue weighted by Gasteiger charge is -2.27. The highest BCUT2D eigenvalue weighted by Gasteiger charge is 2.28. The lowest BCUT2D eigenvalue weighted by atomic mass is 9.83. The number of hydrazine groups is 1. The number of nitro groups is 1. The van der Waals surface area contributed by atoms with Gasteiger partial charge < -0.3 is 5.73 Å². The van der Waals surface area contributed by atoms with E-state index in [4.69, 9.17) is 5.73 Å². The minimum Gasteiger partial charge on any atom is -0.375 e. The number of hydrogen-bond donors (Lipinski definition) is 3. The van der Waals surface area contributed by atoms with Gasteiger partial charge in [-0.25, -0.2) is 4.98 Å². The molecule has 8 nitrogen and oxygen atoms in total. The zero-order valence-corrected chi connectivity index (χ0v) is 14.5. The predicted molar refractivity (Wildman–Crippen MR) is 95.7 cm³/mol. The fraction of sp³-hybridized carbons (Fsp3) is 0.250. The number of carbonyl (C=O) groups is 1. The number of anilines is 1. The summed E-state index contributed by atoms with van der Waals surface area (Å²) in [6, 6.07) is 5.55. The van der Waals surface area contributed by atoms with Crippen LogP contribution in [0.3, 0.4) is 0 Å². The van der Waals surface area contributed by atoms with Crippen LogP contribution in [0.15, 0.2) is 30.3 Å². The highest BCUT2D eigenvalue weighted by atomic mass is 32.1. The highest BCUT2D eigenvalue weighted by Crippen LogP contribution is 2.38. The number of amides is 1. The van der Waals surface area contributed by atoms with Gasteiger partial charge in [-0.1, -0.05) is 37.3 Å². The van der Waals surface area contributed by atoms with Gasteiger partial charge in [-0.3, -0.25) is 25.8 Å². The number of aromatic nitrogens is 1. The lowest BCUT2D eigenvalue weighted by molar-refractivity contribution is -0.384. The van der Waals surface area contributed by atoms with Crippen LogP contribution in [0.4, 0.5) is 10.8 Å². The Morgan fingerprint density at radius 3 is 2.92 bits per heavy atom. The third-order valence-electron chi connectivity index (χ3n) is 3.75. The van der Waals surface area contributed by atoms with Crippen LogP contribution in [-0.2, 0) is 6.42 Å². The van der Waals surface area contributed by atoms with Crippen molar-refractivity contribution in [2.45, 2.75) is 20.3 Å². The van der Waals surface area contributed by atoms with E-state index < -0.39 is 10.8 Å². The molecule has 1 amide bonds. The van der Waals surface area contributed by atoms with Gasteiger partial charge >= 0.3 is 0 Å². The molecular formula is C16H17N5O3S. The van der Waals surface area contributed by atoms with Gasteiger partial charge in [0, 0.05) is 17.7 Å². The van der Waals surface area contributed by atoms with E-state index >= 15 is 0 Å². The average molecular weight is 359 g/mol. The number of fused-ring (bicyclic) bond motifs is 1. The van der Waals surface area contributed by atoms with Crippen molar-refractivity contribution in [1.29, 1.82) is 0 Å². The molecule has 1 aromatic carbocycles. The van der Waals surface area contributed by atoms with E-state index in [2.05, 4.69) is 29.7 Å². The largest absolute Gasteiger partial charge is 0.375 e. The molecule has 3 rings (SSSR count). The molecule has 130 valence electrons. The van der Waals surface area contributed by atoms with Gasteiger partial charge in [0.15, 0.2) is 5.13 Å². The first-order valence-corrected chi connectivity index (χ1v) is 8.36. The Morgan fingerprint density at radius 1 is 1.44 bits per heavy atom.